The number of aromatic nitrogens is 1. The van der Waals surface area contributed by atoms with Crippen LogP contribution in [-0.2, 0) is 4.79 Å². The van der Waals surface area contributed by atoms with Crippen LogP contribution >= 0.6 is 0 Å². The summed E-state index contributed by atoms with van der Waals surface area (Å²) >= 11 is 0. The van der Waals surface area contributed by atoms with Gasteiger partial charge in [-0.05, 0) is 42.8 Å². The third-order valence-electron chi connectivity index (χ3n) is 4.66. The Labute approximate surface area is 179 Å². The number of ether oxygens (including phenoxy) is 2. The molecule has 1 aromatic heterocycles. The summed E-state index contributed by atoms with van der Waals surface area (Å²) in [5, 5.41) is 12.5. The van der Waals surface area contributed by atoms with E-state index in [0.717, 1.165) is 12.2 Å². The predicted molar refractivity (Wildman–Crippen MR) is 115 cm³/mol. The Bertz CT molecular complexity index is 1090. The number of pyridine rings is 1. The van der Waals surface area contributed by atoms with Crippen LogP contribution in [0.3, 0.4) is 0 Å². The third-order valence-corrected chi connectivity index (χ3v) is 4.66. The molecule has 2 N–H and O–H groups in total. The first-order valence-electron chi connectivity index (χ1n) is 9.84. The number of hydrogen-bond donors (Lipinski definition) is 2. The van der Waals surface area contributed by atoms with Crippen molar-refractivity contribution in [1.82, 2.24) is 4.98 Å². The van der Waals surface area contributed by atoms with Gasteiger partial charge in [0.25, 0.3) is 5.91 Å². The van der Waals surface area contributed by atoms with E-state index >= 15 is 0 Å². The number of carbonyl (C=O) groups is 2. The number of nitrogens with zero attached hydrogens (tertiary/aromatic N) is 2. The molecule has 158 valence electrons. The summed E-state index contributed by atoms with van der Waals surface area (Å²) in [6.45, 7) is 0.711. The Morgan fingerprint density at radius 1 is 1.10 bits per heavy atom. The number of carboxylic acid groups (broad SMARTS) is 1. The predicted octanol–water partition coefficient (Wildman–Crippen LogP) is 3.80. The van der Waals surface area contributed by atoms with Crippen LogP contribution in [0.5, 0.6) is 17.2 Å². The molecule has 31 heavy (non-hydrogen) atoms. The molecule has 8 nitrogen and oxygen atoms in total. The van der Waals surface area contributed by atoms with E-state index in [0.29, 0.717) is 36.1 Å². The summed E-state index contributed by atoms with van der Waals surface area (Å²) in [6.07, 6.45) is 2.48. The molecule has 1 aliphatic rings. The van der Waals surface area contributed by atoms with Gasteiger partial charge in [0.05, 0.1) is 17.9 Å². The first kappa shape index (κ1) is 20.2. The molecule has 0 atom stereocenters. The molecule has 0 bridgehead atoms. The van der Waals surface area contributed by atoms with Gasteiger partial charge in [-0.3, -0.25) is 14.5 Å². The number of benzene rings is 2. The number of carbonyl (C=O) groups excluding carboxylic acids is 1. The number of anilines is 2. The zero-order valence-corrected chi connectivity index (χ0v) is 16.7. The van der Waals surface area contributed by atoms with E-state index < -0.39 is 18.4 Å². The average Bonchev–Trinajstić information content (AvgIpc) is 2.88. The number of amides is 1. The fourth-order valence-electron chi connectivity index (χ4n) is 3.23. The standard InChI is InChI=1S/C23H21N3O5/c27-22(28)15-26-18-6-1-2-7-19(18)31-20-14-16(9-10-17(20)23(26)29)30-13-5-12-25-21-8-3-4-11-24-21/h1-4,6-11,14H,5,12-13,15H2,(H,24,25)(H,27,28). The Morgan fingerprint density at radius 3 is 2.74 bits per heavy atom. The summed E-state index contributed by atoms with van der Waals surface area (Å²) in [4.78, 5) is 29.7. The van der Waals surface area contributed by atoms with E-state index in [1.54, 1.807) is 48.7 Å². The fourth-order valence-corrected chi connectivity index (χ4v) is 3.23. The second-order valence-electron chi connectivity index (χ2n) is 6.86. The van der Waals surface area contributed by atoms with Crippen molar-refractivity contribution in [3.05, 3.63) is 72.4 Å². The number of hydrogen-bond acceptors (Lipinski definition) is 6. The lowest BCUT2D eigenvalue weighted by molar-refractivity contribution is -0.135. The number of rotatable bonds is 8. The van der Waals surface area contributed by atoms with Crippen molar-refractivity contribution in [1.29, 1.82) is 0 Å². The highest BCUT2D eigenvalue weighted by atomic mass is 16.5. The van der Waals surface area contributed by atoms with Crippen LogP contribution in [0.25, 0.3) is 0 Å². The Balaban J connectivity index is 1.45. The summed E-state index contributed by atoms with van der Waals surface area (Å²) in [5.74, 6) is 0.568. The molecule has 2 aromatic carbocycles. The van der Waals surface area contributed by atoms with Crippen LogP contribution < -0.4 is 19.7 Å². The molecule has 0 spiro atoms. The second-order valence-corrected chi connectivity index (χ2v) is 6.86. The average molecular weight is 419 g/mol. The minimum atomic E-state index is -1.11. The minimum absolute atomic E-state index is 0.279. The number of nitrogens with one attached hydrogen (secondary N) is 1. The first-order chi connectivity index (χ1) is 15.1. The van der Waals surface area contributed by atoms with Gasteiger partial charge >= 0.3 is 5.97 Å². The monoisotopic (exact) mass is 419 g/mol. The minimum Gasteiger partial charge on any atom is -0.493 e. The first-order valence-corrected chi connectivity index (χ1v) is 9.84. The van der Waals surface area contributed by atoms with E-state index in [1.807, 2.05) is 18.2 Å². The smallest absolute Gasteiger partial charge is 0.323 e. The van der Waals surface area contributed by atoms with Crippen LogP contribution in [0.15, 0.2) is 66.9 Å². The van der Waals surface area contributed by atoms with Crippen molar-refractivity contribution < 1.29 is 24.2 Å². The third kappa shape index (κ3) is 4.75. The fraction of sp³-hybridized carbons (Fsp3) is 0.174. The topological polar surface area (TPSA) is 101 Å². The largest absolute Gasteiger partial charge is 0.493 e. The number of aliphatic carboxylic acids is 1. The molecule has 0 saturated heterocycles. The van der Waals surface area contributed by atoms with Crippen LogP contribution in [-0.4, -0.2) is 41.7 Å². The van der Waals surface area contributed by atoms with Gasteiger partial charge in [-0.1, -0.05) is 18.2 Å². The molecule has 0 saturated carbocycles. The maximum Gasteiger partial charge on any atom is 0.323 e. The van der Waals surface area contributed by atoms with Gasteiger partial charge in [0.1, 0.15) is 23.9 Å². The van der Waals surface area contributed by atoms with Gasteiger partial charge < -0.3 is 19.9 Å². The van der Waals surface area contributed by atoms with Gasteiger partial charge in [-0.2, -0.15) is 0 Å². The Morgan fingerprint density at radius 2 is 1.94 bits per heavy atom. The molecule has 0 fully saturated rings. The zero-order valence-electron chi connectivity index (χ0n) is 16.7. The van der Waals surface area contributed by atoms with Crippen molar-refractivity contribution >= 4 is 23.4 Å². The van der Waals surface area contributed by atoms with Crippen LogP contribution in [0.2, 0.25) is 0 Å². The van der Waals surface area contributed by atoms with Gasteiger partial charge in [-0.25, -0.2) is 4.98 Å². The molecular formula is C23H21N3O5. The number of para-hydroxylation sites is 2. The molecule has 8 heteroatoms. The van der Waals surface area contributed by atoms with Crippen molar-refractivity contribution in [2.24, 2.45) is 0 Å². The molecule has 0 aliphatic carbocycles. The SMILES string of the molecule is O=C(O)CN1C(=O)c2ccc(OCCCNc3ccccn3)cc2Oc2ccccc21. The lowest BCUT2D eigenvalue weighted by atomic mass is 10.1. The van der Waals surface area contributed by atoms with Crippen molar-refractivity contribution in [3.8, 4) is 17.2 Å². The maximum absolute atomic E-state index is 13.0. The highest BCUT2D eigenvalue weighted by molar-refractivity contribution is 6.11. The van der Waals surface area contributed by atoms with E-state index in [4.69, 9.17) is 9.47 Å². The number of fused-ring (bicyclic) bond motifs is 2. The van der Waals surface area contributed by atoms with Crippen LogP contribution in [0.1, 0.15) is 16.8 Å². The normalized spacial score (nSPS) is 12.3. The van der Waals surface area contributed by atoms with Crippen molar-refractivity contribution in [2.75, 3.05) is 29.9 Å². The number of carboxylic acids is 1. The Kier molecular flexibility index (Phi) is 5.98. The van der Waals surface area contributed by atoms with Crippen molar-refractivity contribution in [3.63, 3.8) is 0 Å². The van der Waals surface area contributed by atoms with Gasteiger partial charge in [0.15, 0.2) is 5.75 Å². The van der Waals surface area contributed by atoms with E-state index in [-0.39, 0.29) is 5.56 Å². The second kappa shape index (κ2) is 9.17. The molecule has 4 rings (SSSR count). The van der Waals surface area contributed by atoms with E-state index in [9.17, 15) is 14.7 Å². The van der Waals surface area contributed by atoms with Crippen LogP contribution in [0, 0.1) is 0 Å². The maximum atomic E-state index is 13.0. The van der Waals surface area contributed by atoms with Gasteiger partial charge in [0.2, 0.25) is 0 Å². The molecule has 0 radical (unpaired) electrons. The lowest BCUT2D eigenvalue weighted by Crippen LogP contribution is -2.35. The van der Waals surface area contributed by atoms with E-state index in [2.05, 4.69) is 10.3 Å². The summed E-state index contributed by atoms with van der Waals surface area (Å²) in [5.41, 5.74) is 0.691. The van der Waals surface area contributed by atoms with Gasteiger partial charge in [0, 0.05) is 18.8 Å². The molecule has 2 heterocycles. The summed E-state index contributed by atoms with van der Waals surface area (Å²) < 4.78 is 11.8. The highest BCUT2D eigenvalue weighted by Crippen LogP contribution is 2.40. The van der Waals surface area contributed by atoms with Crippen LogP contribution in [0.4, 0.5) is 11.5 Å². The molecule has 1 amide bonds. The van der Waals surface area contributed by atoms with Gasteiger partial charge in [-0.15, -0.1) is 0 Å². The van der Waals surface area contributed by atoms with Crippen molar-refractivity contribution in [2.45, 2.75) is 6.42 Å². The molecule has 0 unspecified atom stereocenters. The lowest BCUT2D eigenvalue weighted by Gasteiger charge is -2.19. The quantitative estimate of drug-likeness (QED) is 0.536. The Hall–Kier alpha value is -4.07. The summed E-state index contributed by atoms with van der Waals surface area (Å²) in [7, 11) is 0. The molecule has 1 aliphatic heterocycles. The highest BCUT2D eigenvalue weighted by Gasteiger charge is 2.29. The summed E-state index contributed by atoms with van der Waals surface area (Å²) in [6, 6.07) is 17.5. The molecular weight excluding hydrogens is 398 g/mol. The zero-order chi connectivity index (χ0) is 21.6. The van der Waals surface area contributed by atoms with E-state index in [1.165, 1.54) is 4.90 Å². The molecule has 3 aromatic rings.